The van der Waals surface area contributed by atoms with E-state index in [0.29, 0.717) is 0 Å². The third-order valence-electron chi connectivity index (χ3n) is 2.46. The maximum Gasteiger partial charge on any atom is 0.273 e. The summed E-state index contributed by atoms with van der Waals surface area (Å²) >= 11 is 0. The van der Waals surface area contributed by atoms with E-state index in [1.54, 1.807) is 12.1 Å². The normalized spacial score (nSPS) is 12.7. The van der Waals surface area contributed by atoms with Crippen molar-refractivity contribution in [2.75, 3.05) is 13.1 Å². The Morgan fingerprint density at radius 1 is 1.28 bits per heavy atom. The summed E-state index contributed by atoms with van der Waals surface area (Å²) in [7, 11) is -3.91. The Hall–Kier alpha value is -1.05. The highest BCUT2D eigenvalue weighted by Crippen LogP contribution is 2.14. The van der Waals surface area contributed by atoms with Crippen LogP contribution in [0.5, 0.6) is 0 Å². The summed E-state index contributed by atoms with van der Waals surface area (Å²) in [6.07, 6.45) is 0.777. The Labute approximate surface area is 105 Å². The Bertz CT molecular complexity index is 486. The van der Waals surface area contributed by atoms with Crippen molar-refractivity contribution >= 4 is 10.0 Å². The van der Waals surface area contributed by atoms with Crippen LogP contribution in [0.1, 0.15) is 12.5 Å². The number of sulfonamides is 1. The van der Waals surface area contributed by atoms with E-state index in [1.807, 2.05) is 11.6 Å². The second kappa shape index (κ2) is 5.73. The molecular weight excluding hydrogens is 262 g/mol. The summed E-state index contributed by atoms with van der Waals surface area (Å²) in [4.78, 5) is -0.0347. The zero-order chi connectivity index (χ0) is 13.8. The molecule has 0 bridgehead atoms. The van der Waals surface area contributed by atoms with E-state index in [1.165, 1.54) is 12.1 Å². The van der Waals surface area contributed by atoms with E-state index in [0.717, 1.165) is 12.0 Å². The fraction of sp³-hybridized carbons (Fsp3) is 0.455. The average molecular weight is 278 g/mol. The summed E-state index contributed by atoms with van der Waals surface area (Å²) in [5.41, 5.74) is 5.80. The quantitative estimate of drug-likeness (QED) is 0.819. The molecule has 18 heavy (non-hydrogen) atoms. The van der Waals surface area contributed by atoms with Gasteiger partial charge in [0.25, 0.3) is 5.92 Å². The highest BCUT2D eigenvalue weighted by atomic mass is 32.2. The van der Waals surface area contributed by atoms with Gasteiger partial charge in [-0.05, 0) is 24.1 Å². The molecule has 0 unspecified atom stereocenters. The molecule has 0 spiro atoms. The van der Waals surface area contributed by atoms with Gasteiger partial charge in [0.05, 0.1) is 18.0 Å². The van der Waals surface area contributed by atoms with Crippen LogP contribution in [-0.2, 0) is 16.4 Å². The van der Waals surface area contributed by atoms with Gasteiger partial charge in [0.2, 0.25) is 10.0 Å². The van der Waals surface area contributed by atoms with Gasteiger partial charge in [0.15, 0.2) is 0 Å². The fourth-order valence-electron chi connectivity index (χ4n) is 1.26. The maximum absolute atomic E-state index is 12.9. The molecule has 1 aromatic rings. The molecule has 4 nitrogen and oxygen atoms in total. The summed E-state index contributed by atoms with van der Waals surface area (Å²) in [6, 6.07) is 6.08. The van der Waals surface area contributed by atoms with Crippen molar-refractivity contribution in [1.82, 2.24) is 4.72 Å². The molecule has 0 radical (unpaired) electrons. The van der Waals surface area contributed by atoms with Gasteiger partial charge in [0.1, 0.15) is 0 Å². The molecular formula is C11H16F2N2O2S. The van der Waals surface area contributed by atoms with Gasteiger partial charge in [-0.15, -0.1) is 0 Å². The van der Waals surface area contributed by atoms with Crippen molar-refractivity contribution in [3.63, 3.8) is 0 Å². The van der Waals surface area contributed by atoms with Gasteiger partial charge in [-0.25, -0.2) is 21.9 Å². The first kappa shape index (κ1) is 15.0. The molecule has 7 heteroatoms. The molecule has 1 rings (SSSR count). The largest absolute Gasteiger partial charge is 0.325 e. The van der Waals surface area contributed by atoms with E-state index in [9.17, 15) is 17.2 Å². The van der Waals surface area contributed by atoms with Crippen LogP contribution in [0.25, 0.3) is 0 Å². The first-order valence-corrected chi connectivity index (χ1v) is 6.95. The van der Waals surface area contributed by atoms with E-state index in [-0.39, 0.29) is 4.90 Å². The van der Waals surface area contributed by atoms with E-state index >= 15 is 0 Å². The number of hydrogen-bond donors (Lipinski definition) is 2. The lowest BCUT2D eigenvalue weighted by atomic mass is 10.2. The summed E-state index contributed by atoms with van der Waals surface area (Å²) in [6.45, 7) is 0.0369. The topological polar surface area (TPSA) is 72.2 Å². The predicted molar refractivity (Wildman–Crippen MR) is 65.0 cm³/mol. The van der Waals surface area contributed by atoms with Crippen LogP contribution in [0, 0.1) is 0 Å². The zero-order valence-electron chi connectivity index (χ0n) is 9.99. The van der Waals surface area contributed by atoms with Crippen molar-refractivity contribution in [2.24, 2.45) is 5.73 Å². The first-order chi connectivity index (χ1) is 8.30. The first-order valence-electron chi connectivity index (χ1n) is 5.47. The van der Waals surface area contributed by atoms with Gasteiger partial charge < -0.3 is 5.73 Å². The van der Waals surface area contributed by atoms with Crippen molar-refractivity contribution < 1.29 is 17.2 Å². The van der Waals surface area contributed by atoms with Gasteiger partial charge in [0, 0.05) is 0 Å². The van der Waals surface area contributed by atoms with Gasteiger partial charge in [-0.3, -0.25) is 0 Å². The number of aryl methyl sites for hydroxylation is 1. The van der Waals surface area contributed by atoms with Gasteiger partial charge >= 0.3 is 0 Å². The van der Waals surface area contributed by atoms with Crippen LogP contribution in [0.15, 0.2) is 29.2 Å². The minimum Gasteiger partial charge on any atom is -0.325 e. The second-order valence-corrected chi connectivity index (χ2v) is 5.65. The molecule has 0 aliphatic carbocycles. The number of nitrogens with one attached hydrogen (secondary N) is 1. The molecule has 0 saturated carbocycles. The van der Waals surface area contributed by atoms with Crippen molar-refractivity contribution in [3.8, 4) is 0 Å². The molecule has 0 saturated heterocycles. The van der Waals surface area contributed by atoms with Crippen molar-refractivity contribution in [1.29, 1.82) is 0 Å². The minimum atomic E-state index is -3.91. The molecule has 0 aliphatic heterocycles. The SMILES string of the molecule is CCc1ccc(S(=O)(=O)NCC(F)(F)CN)cc1. The molecule has 0 heterocycles. The van der Waals surface area contributed by atoms with Crippen LogP contribution in [0.4, 0.5) is 8.78 Å². The summed E-state index contributed by atoms with van der Waals surface area (Å²) < 4.78 is 51.0. The van der Waals surface area contributed by atoms with Crippen molar-refractivity contribution in [2.45, 2.75) is 24.2 Å². The number of alkyl halides is 2. The Balaban J connectivity index is 2.80. The molecule has 0 atom stereocenters. The smallest absolute Gasteiger partial charge is 0.273 e. The summed E-state index contributed by atoms with van der Waals surface area (Å²) in [5, 5.41) is 0. The molecule has 0 amide bonds. The Morgan fingerprint density at radius 3 is 2.28 bits per heavy atom. The number of halogens is 2. The predicted octanol–water partition coefficient (Wildman–Crippen LogP) is 1.12. The lowest BCUT2D eigenvalue weighted by Gasteiger charge is -2.14. The number of benzene rings is 1. The monoisotopic (exact) mass is 278 g/mol. The summed E-state index contributed by atoms with van der Waals surface area (Å²) in [5.74, 6) is -3.24. The second-order valence-electron chi connectivity index (χ2n) is 3.88. The van der Waals surface area contributed by atoms with E-state index < -0.39 is 29.0 Å². The molecule has 3 N–H and O–H groups in total. The average Bonchev–Trinajstić information content (AvgIpc) is 2.37. The standard InChI is InChI=1S/C11H16F2N2O2S/c1-2-9-3-5-10(6-4-9)18(16,17)15-8-11(12,13)7-14/h3-6,15H,2,7-8,14H2,1H3. The molecule has 102 valence electrons. The molecule has 0 aromatic heterocycles. The number of rotatable bonds is 6. The fourth-order valence-corrected chi connectivity index (χ4v) is 2.32. The third kappa shape index (κ3) is 4.01. The Kier molecular flexibility index (Phi) is 4.78. The third-order valence-corrected chi connectivity index (χ3v) is 3.88. The highest BCUT2D eigenvalue weighted by Gasteiger charge is 2.29. The minimum absolute atomic E-state index is 0.0347. The van der Waals surface area contributed by atoms with Gasteiger partial charge in [-0.2, -0.15) is 0 Å². The zero-order valence-corrected chi connectivity index (χ0v) is 10.8. The lowest BCUT2D eigenvalue weighted by Crippen LogP contribution is -2.41. The molecule has 0 fully saturated rings. The Morgan fingerprint density at radius 2 is 1.83 bits per heavy atom. The van der Waals surface area contributed by atoms with Crippen LogP contribution >= 0.6 is 0 Å². The van der Waals surface area contributed by atoms with Crippen LogP contribution < -0.4 is 10.5 Å². The van der Waals surface area contributed by atoms with Crippen LogP contribution in [0.3, 0.4) is 0 Å². The maximum atomic E-state index is 12.9. The lowest BCUT2D eigenvalue weighted by molar-refractivity contribution is 0.0170. The van der Waals surface area contributed by atoms with Crippen LogP contribution in [-0.4, -0.2) is 27.4 Å². The van der Waals surface area contributed by atoms with Crippen LogP contribution in [0.2, 0.25) is 0 Å². The van der Waals surface area contributed by atoms with Gasteiger partial charge in [-0.1, -0.05) is 19.1 Å². The van der Waals surface area contributed by atoms with E-state index in [4.69, 9.17) is 5.73 Å². The molecule has 0 aliphatic rings. The molecule has 1 aromatic carbocycles. The highest BCUT2D eigenvalue weighted by molar-refractivity contribution is 7.89. The van der Waals surface area contributed by atoms with E-state index in [2.05, 4.69) is 0 Å². The number of hydrogen-bond acceptors (Lipinski definition) is 3. The number of nitrogens with two attached hydrogens (primary N) is 1. The van der Waals surface area contributed by atoms with Crippen molar-refractivity contribution in [3.05, 3.63) is 29.8 Å².